The van der Waals surface area contributed by atoms with Gasteiger partial charge in [-0.3, -0.25) is 0 Å². The number of fused-ring (bicyclic) bond motifs is 14. The van der Waals surface area contributed by atoms with Crippen LogP contribution in [0.15, 0.2) is 140 Å². The Balaban J connectivity index is 1.19. The Bertz CT molecular complexity index is 3200. The summed E-state index contributed by atoms with van der Waals surface area (Å²) in [5.74, 6) is 0. The van der Waals surface area contributed by atoms with Gasteiger partial charge in [-0.1, -0.05) is 84.9 Å². The third kappa shape index (κ3) is 4.35. The van der Waals surface area contributed by atoms with E-state index in [0.717, 1.165) is 16.8 Å². The molecule has 0 N–H and O–H groups in total. The van der Waals surface area contributed by atoms with Crippen molar-refractivity contribution in [2.75, 3.05) is 0 Å². The van der Waals surface area contributed by atoms with E-state index < -0.39 is 18.3 Å². The van der Waals surface area contributed by atoms with Gasteiger partial charge in [-0.05, 0) is 87.8 Å². The minimum atomic E-state index is -0.534. The van der Waals surface area contributed by atoms with E-state index in [-0.39, 0.29) is 0 Å². The lowest BCUT2D eigenvalue weighted by atomic mass is 9.78. The van der Waals surface area contributed by atoms with E-state index in [9.17, 15) is 0 Å². The molecular formula is C48H35BN2O2S2. The lowest BCUT2D eigenvalue weighted by molar-refractivity contribution is 0.00578. The van der Waals surface area contributed by atoms with Gasteiger partial charge in [0, 0.05) is 73.3 Å². The predicted octanol–water partition coefficient (Wildman–Crippen LogP) is 12.9. The summed E-state index contributed by atoms with van der Waals surface area (Å²) in [5.41, 5.74) is 6.90. The molecule has 7 heteroatoms. The molecule has 1 aliphatic rings. The average Bonchev–Trinajstić information content (AvgIpc) is 3.97. The van der Waals surface area contributed by atoms with Crippen molar-refractivity contribution in [1.82, 2.24) is 9.13 Å². The quantitative estimate of drug-likeness (QED) is 0.168. The summed E-state index contributed by atoms with van der Waals surface area (Å²) < 4.78 is 23.8. The molecule has 0 amide bonds. The molecule has 0 spiro atoms. The highest BCUT2D eigenvalue weighted by molar-refractivity contribution is 7.27. The number of rotatable bonds is 3. The molecule has 264 valence electrons. The third-order valence-electron chi connectivity index (χ3n) is 12.3. The van der Waals surface area contributed by atoms with E-state index in [1.54, 1.807) is 0 Å². The van der Waals surface area contributed by atoms with Crippen molar-refractivity contribution in [1.29, 1.82) is 0 Å². The summed E-state index contributed by atoms with van der Waals surface area (Å²) in [6.45, 7) is 8.52. The number of aromatic nitrogens is 2. The third-order valence-corrected chi connectivity index (χ3v) is 14.7. The molecule has 0 bridgehead atoms. The fourth-order valence-corrected chi connectivity index (χ4v) is 11.5. The van der Waals surface area contributed by atoms with Crippen molar-refractivity contribution in [3.05, 3.63) is 140 Å². The van der Waals surface area contributed by atoms with Crippen LogP contribution in [0.3, 0.4) is 0 Å². The first kappa shape index (κ1) is 31.9. The zero-order valence-electron chi connectivity index (χ0n) is 30.9. The predicted molar refractivity (Wildman–Crippen MR) is 237 cm³/mol. The van der Waals surface area contributed by atoms with Gasteiger partial charge < -0.3 is 18.4 Å². The molecule has 0 unspecified atom stereocenters. The fraction of sp³-hybridized carbons (Fsp3) is 0.125. The van der Waals surface area contributed by atoms with E-state index in [2.05, 4.69) is 176 Å². The van der Waals surface area contributed by atoms with Gasteiger partial charge in [0.2, 0.25) is 0 Å². The maximum absolute atomic E-state index is 6.79. The molecule has 0 saturated carbocycles. The average molecular weight is 747 g/mol. The largest absolute Gasteiger partial charge is 0.494 e. The molecule has 7 aromatic carbocycles. The zero-order chi connectivity index (χ0) is 36.8. The highest BCUT2D eigenvalue weighted by atomic mass is 32.1. The summed E-state index contributed by atoms with van der Waals surface area (Å²) in [5, 5.41) is 10.3. The Morgan fingerprint density at radius 1 is 0.436 bits per heavy atom. The summed E-state index contributed by atoms with van der Waals surface area (Å²) in [4.78, 5) is 0. The first-order chi connectivity index (χ1) is 26.8. The monoisotopic (exact) mass is 746 g/mol. The van der Waals surface area contributed by atoms with E-state index in [0.29, 0.717) is 0 Å². The van der Waals surface area contributed by atoms with Crippen LogP contribution in [-0.4, -0.2) is 27.5 Å². The van der Waals surface area contributed by atoms with E-state index in [1.165, 1.54) is 84.0 Å². The van der Waals surface area contributed by atoms with Crippen LogP contribution in [0.25, 0.3) is 95.3 Å². The molecule has 1 aliphatic heterocycles. The van der Waals surface area contributed by atoms with Crippen LogP contribution in [0, 0.1) is 0 Å². The van der Waals surface area contributed by atoms with Gasteiger partial charge in [-0.15, -0.1) is 22.7 Å². The first-order valence-corrected chi connectivity index (χ1v) is 20.6. The molecule has 0 radical (unpaired) electrons. The van der Waals surface area contributed by atoms with E-state index in [4.69, 9.17) is 9.31 Å². The normalized spacial score (nSPS) is 15.7. The second-order valence-corrected chi connectivity index (χ2v) is 18.0. The highest BCUT2D eigenvalue weighted by Gasteiger charge is 2.52. The number of benzene rings is 7. The van der Waals surface area contributed by atoms with Crippen LogP contribution in [0.1, 0.15) is 27.7 Å². The van der Waals surface area contributed by atoms with E-state index >= 15 is 0 Å². The van der Waals surface area contributed by atoms with Crippen molar-refractivity contribution in [3.63, 3.8) is 0 Å². The van der Waals surface area contributed by atoms with Crippen LogP contribution in [-0.2, 0) is 9.31 Å². The Kier molecular flexibility index (Phi) is 6.42. The molecule has 12 rings (SSSR count). The molecular weight excluding hydrogens is 711 g/mol. The molecule has 4 nitrogen and oxygen atoms in total. The summed E-state index contributed by atoms with van der Waals surface area (Å²) in [6, 6.07) is 51.4. The standard InChI is InChI=1S/C48H35BN2O2S2/c1-47(2)48(3,4)53-49(52-47)28-25-29(50-37-17-9-5-15-35(37)43-39(50)23-21-33-31-13-7-11-19-41(31)54-45(33)43)27-30(26-28)51-38-18-10-6-16-36(38)44-40(51)24-22-34-32-14-8-12-20-42(32)55-46(34)44/h5-27H,1-4H3. The maximum Gasteiger partial charge on any atom is 0.494 e. The summed E-state index contributed by atoms with van der Waals surface area (Å²) in [7, 11) is -0.534. The minimum absolute atomic E-state index is 0.479. The summed E-state index contributed by atoms with van der Waals surface area (Å²) >= 11 is 3.77. The van der Waals surface area contributed by atoms with Crippen molar-refractivity contribution < 1.29 is 9.31 Å². The number of nitrogens with zero attached hydrogens (tertiary/aromatic N) is 2. The van der Waals surface area contributed by atoms with Crippen LogP contribution >= 0.6 is 22.7 Å². The molecule has 55 heavy (non-hydrogen) atoms. The Labute approximate surface area is 325 Å². The van der Waals surface area contributed by atoms with Crippen LogP contribution in [0.5, 0.6) is 0 Å². The number of hydrogen-bond donors (Lipinski definition) is 0. The summed E-state index contributed by atoms with van der Waals surface area (Å²) in [6.07, 6.45) is 0. The van der Waals surface area contributed by atoms with Crippen molar-refractivity contribution in [2.45, 2.75) is 38.9 Å². The van der Waals surface area contributed by atoms with Gasteiger partial charge in [0.25, 0.3) is 0 Å². The molecule has 5 heterocycles. The smallest absolute Gasteiger partial charge is 0.399 e. The Morgan fingerprint density at radius 2 is 0.855 bits per heavy atom. The van der Waals surface area contributed by atoms with Crippen LogP contribution < -0.4 is 5.46 Å². The second kappa shape index (κ2) is 11.1. The Morgan fingerprint density at radius 3 is 1.33 bits per heavy atom. The van der Waals surface area contributed by atoms with Gasteiger partial charge in [-0.2, -0.15) is 0 Å². The molecule has 1 saturated heterocycles. The fourth-order valence-electron chi connectivity index (χ4n) is 9.02. The van der Waals surface area contributed by atoms with Gasteiger partial charge in [0.1, 0.15) is 0 Å². The number of hydrogen-bond acceptors (Lipinski definition) is 4. The van der Waals surface area contributed by atoms with Gasteiger partial charge >= 0.3 is 7.12 Å². The number of thiophene rings is 2. The minimum Gasteiger partial charge on any atom is -0.399 e. The molecule has 4 aromatic heterocycles. The van der Waals surface area contributed by atoms with Crippen molar-refractivity contribution in [2.24, 2.45) is 0 Å². The lowest BCUT2D eigenvalue weighted by Crippen LogP contribution is -2.41. The second-order valence-electron chi connectivity index (χ2n) is 15.9. The topological polar surface area (TPSA) is 28.3 Å². The molecule has 0 aliphatic carbocycles. The lowest BCUT2D eigenvalue weighted by Gasteiger charge is -2.32. The highest BCUT2D eigenvalue weighted by Crippen LogP contribution is 2.46. The van der Waals surface area contributed by atoms with E-state index in [1.807, 2.05) is 22.7 Å². The molecule has 1 fully saturated rings. The molecule has 0 atom stereocenters. The first-order valence-electron chi connectivity index (χ1n) is 18.9. The van der Waals surface area contributed by atoms with Crippen molar-refractivity contribution in [3.8, 4) is 11.4 Å². The SMILES string of the molecule is CC1(C)OB(c2cc(-n3c4ccccc4c4c5sc6ccccc6c5ccc43)cc(-n3c4ccccc4c4c5sc6ccccc6c5ccc43)c2)OC1(C)C. The van der Waals surface area contributed by atoms with Crippen LogP contribution in [0.4, 0.5) is 0 Å². The molecule has 11 aromatic rings. The van der Waals surface area contributed by atoms with Crippen LogP contribution in [0.2, 0.25) is 0 Å². The maximum atomic E-state index is 6.79. The number of para-hydroxylation sites is 2. The Hall–Kier alpha value is -5.44. The van der Waals surface area contributed by atoms with Crippen molar-refractivity contribution >= 4 is 119 Å². The van der Waals surface area contributed by atoms with Gasteiger partial charge in [-0.25, -0.2) is 0 Å². The van der Waals surface area contributed by atoms with Gasteiger partial charge in [0.05, 0.1) is 33.3 Å². The van der Waals surface area contributed by atoms with Gasteiger partial charge in [0.15, 0.2) is 0 Å². The zero-order valence-corrected chi connectivity index (χ0v) is 32.5.